The molecule has 24 atom stereocenters. The van der Waals surface area contributed by atoms with Gasteiger partial charge in [-0.25, -0.2) is 53.6 Å². The van der Waals surface area contributed by atoms with Crippen molar-refractivity contribution in [3.8, 4) is 0 Å². The van der Waals surface area contributed by atoms with Crippen molar-refractivity contribution >= 4 is 151 Å². The molecule has 6 saturated heterocycles. The first-order valence-corrected chi connectivity index (χ1v) is 53.0. The Morgan fingerprint density at radius 3 is 1.05 bits per heavy atom. The molecule has 14 heterocycles. The van der Waals surface area contributed by atoms with Crippen LogP contribution in [0.15, 0.2) is 83.7 Å². The van der Waals surface area contributed by atoms with Crippen molar-refractivity contribution in [2.75, 3.05) is 57.3 Å². The maximum atomic E-state index is 14.8. The van der Waals surface area contributed by atoms with E-state index >= 15 is 0 Å². The van der Waals surface area contributed by atoms with Gasteiger partial charge in [0.15, 0.2) is 22.9 Å². The molecule has 6 fully saturated rings. The zero-order valence-corrected chi connectivity index (χ0v) is 75.9. The van der Waals surface area contributed by atoms with Crippen molar-refractivity contribution < 1.29 is 112 Å². The number of thiol groups is 1. The highest BCUT2D eigenvalue weighted by Crippen LogP contribution is 2.60. The van der Waals surface area contributed by atoms with E-state index in [0.29, 0.717) is 12.0 Å². The van der Waals surface area contributed by atoms with Gasteiger partial charge in [0.25, 0.3) is 16.7 Å². The second kappa shape index (κ2) is 38.0. The van der Waals surface area contributed by atoms with Crippen molar-refractivity contribution in [3.63, 3.8) is 0 Å². The van der Waals surface area contributed by atoms with Crippen LogP contribution >= 0.6 is 52.6 Å². The lowest BCUT2D eigenvalue weighted by atomic mass is 10.1. The molecule has 124 heavy (non-hydrogen) atoms. The number of hydrogen-bond acceptors (Lipinski definition) is 41. The molecule has 0 saturated carbocycles. The fourth-order valence-electron chi connectivity index (χ4n) is 14.4. The zero-order chi connectivity index (χ0) is 89.2. The second-order valence-corrected chi connectivity index (χ2v) is 46.0. The van der Waals surface area contributed by atoms with Gasteiger partial charge in [-0.2, -0.15) is 4.98 Å². The lowest BCUT2D eigenvalue weighted by molar-refractivity contribution is -0.0564. The van der Waals surface area contributed by atoms with Crippen molar-refractivity contribution in [1.82, 2.24) is 77.2 Å². The van der Waals surface area contributed by atoms with Crippen molar-refractivity contribution in [2.45, 2.75) is 190 Å². The zero-order valence-electron chi connectivity index (χ0n) is 65.6. The van der Waals surface area contributed by atoms with Gasteiger partial charge >= 0.3 is 63.1 Å². The van der Waals surface area contributed by atoms with Gasteiger partial charge in [-0.3, -0.25) is 65.8 Å². The average Bonchev–Trinajstić information content (AvgIpc) is 1.63. The summed E-state index contributed by atoms with van der Waals surface area (Å²) in [5.41, 5.74) is 14.3. The van der Waals surface area contributed by atoms with Gasteiger partial charge in [-0.15, -0.1) is 0 Å². The van der Waals surface area contributed by atoms with Gasteiger partial charge < -0.3 is 115 Å². The topological polar surface area (TPSA) is 649 Å². The van der Waals surface area contributed by atoms with E-state index in [9.17, 15) is 62.6 Å². The number of aromatic amines is 3. The minimum Gasteiger partial charge on any atom is -0.383 e. The molecule has 50 nitrogen and oxygen atoms in total. The summed E-state index contributed by atoms with van der Waals surface area (Å²) in [6.07, 6.45) is -12.7. The van der Waals surface area contributed by atoms with Crippen LogP contribution in [-0.2, 0) is 146 Å². The molecule has 12 unspecified atom stereocenters. The first kappa shape index (κ1) is 94.4. The summed E-state index contributed by atoms with van der Waals surface area (Å²) in [6.45, 7) is -22.6. The van der Waals surface area contributed by atoms with E-state index in [0.717, 1.165) is 20.8 Å². The molecule has 14 rings (SSSR count). The third-order valence-electron chi connectivity index (χ3n) is 20.6. The third kappa shape index (κ3) is 22.0. The van der Waals surface area contributed by atoms with Gasteiger partial charge in [-0.1, -0.05) is 19.2 Å². The summed E-state index contributed by atoms with van der Waals surface area (Å²) < 4.78 is 131. The normalized spacial score (nSPS) is 29.6. The number of nitrogens with two attached hydrogens (primary N) is 3. The summed E-state index contributed by atoms with van der Waals surface area (Å²) >= 11 is 31.9. The average molecular weight is 1970 g/mol. The molecule has 6 aliphatic rings. The molecule has 0 spiro atoms. The number of aromatic nitrogens is 16. The minimum absolute atomic E-state index is 0.00785. The summed E-state index contributed by atoms with van der Waals surface area (Å²) in [5, 5.41) is 0. The molecule has 8 aromatic rings. The summed E-state index contributed by atoms with van der Waals surface area (Å²) in [5.74, 6) is 0.0273. The van der Waals surface area contributed by atoms with E-state index in [1.54, 1.807) is 13.8 Å². The molecule has 0 aromatic carbocycles. The predicted molar refractivity (Wildman–Crippen MR) is 452 cm³/mol. The number of imidazole rings is 2. The molecule has 6 aliphatic heterocycles. The Bertz CT molecular complexity index is 6130. The van der Waals surface area contributed by atoms with Crippen molar-refractivity contribution in [1.29, 1.82) is 0 Å². The Labute approximate surface area is 728 Å². The first-order chi connectivity index (χ1) is 58.4. The van der Waals surface area contributed by atoms with E-state index in [2.05, 4.69) is 62.1 Å². The molecule has 14 N–H and O–H groups in total. The van der Waals surface area contributed by atoms with Gasteiger partial charge in [0.05, 0.1) is 82.3 Å². The molecule has 62 heteroatoms. The highest BCUT2D eigenvalue weighted by Gasteiger charge is 2.51. The Hall–Kier alpha value is -5.67. The van der Waals surface area contributed by atoms with Crippen LogP contribution < -0.4 is 56.6 Å². The van der Waals surface area contributed by atoms with E-state index in [1.165, 1.54) is 84.6 Å². The number of rotatable bonds is 35. The summed E-state index contributed by atoms with van der Waals surface area (Å²) in [4.78, 5) is 185. The fraction of sp³-hybridized carbons (Fsp3) is 0.581. The van der Waals surface area contributed by atoms with Crippen LogP contribution in [0.1, 0.15) is 111 Å². The number of H-pyrrole nitrogens is 3. The Morgan fingerprint density at radius 2 is 0.710 bits per heavy atom. The Kier molecular flexibility index (Phi) is 29.0. The lowest BCUT2D eigenvalue weighted by Crippen LogP contribution is -2.33. The number of ether oxygens (including phenoxy) is 6. The number of nitrogens with one attached hydrogen (secondary N) is 3. The highest BCUT2D eigenvalue weighted by molar-refractivity contribution is 8.44. The highest BCUT2D eigenvalue weighted by atomic mass is 32.7. The molecular weight excluding hydrogens is 1890 g/mol. The standard InChI is InChI=1S/C62H83N19O31P6S6/c1-7-31-32(8-43(101-31)77-15-28(3)56(82)73-60(77)86)108-114(90,120)96-21-41-36(12-47(105-41)80-25-70-49-52(64)66-23-68-54(49)80)112-118(94,124)99-20-40-34(10-45(104-40)78-16-29(4)57(83)74-61(78)87)109-115(91,121)98-19-39-35(11-46(103-39)79-17-30(5)58(84)75-62(79)88)110-116(92,122)100-22-42-37(13-48(106-42)81-26-71-50-53(65)67-24-69-55(50)81)111-117(93,123)97-18-38-33(107-113(89,119)95-6)9-44(102-38)76-14-27(2)51(63)72-59(76)85/h14-17,23-26,31-48H,7-13,18-22H2,1-6H3,(H,89,119)(H,90,120)(H,91,121)(H,92,122)(H,93,123)(H,94,124)(H2,63,72,85)(H2,64,66,68)(H2,65,67,69)(H,73,82,86)(H,74,83,87)(H,75,84,88)/t31-,32?,33?,34?,35?,36?,37?,38-,39-,40-,41-,42-,43-,44-,45-,46-,47-,48-,113?,114?,115?,116?,117?,118?/m1/s1. The first-order valence-electron chi connectivity index (χ1n) is 37.4. The maximum Gasteiger partial charge on any atom is 0.386 e. The van der Waals surface area contributed by atoms with E-state index in [-0.39, 0.29) is 95.0 Å². The number of aryl methyl sites for hydroxylation is 4. The quantitative estimate of drug-likeness (QED) is 0.0199. The number of fused-ring (bicyclic) bond motifs is 2. The van der Waals surface area contributed by atoms with Crippen LogP contribution in [0.4, 0.5) is 17.5 Å². The Morgan fingerprint density at radius 1 is 0.419 bits per heavy atom. The molecule has 0 aliphatic carbocycles. The molecular formula is C62H83N19O31P6S6. The summed E-state index contributed by atoms with van der Waals surface area (Å²) in [6, 6.07) is 0. The van der Waals surface area contributed by atoms with Gasteiger partial charge in [-0.05, 0) is 93.2 Å². The van der Waals surface area contributed by atoms with Crippen LogP contribution in [0.25, 0.3) is 22.3 Å². The van der Waals surface area contributed by atoms with E-state index in [1.807, 2.05) is 0 Å². The molecule has 0 radical (unpaired) electrons. The number of nitrogens with zero attached hydrogens (tertiary/aromatic N) is 13. The van der Waals surface area contributed by atoms with Crippen LogP contribution in [0.2, 0.25) is 0 Å². The third-order valence-corrected chi connectivity index (χ3v) is 30.3. The SMILES string of the molecule is CC[C@H]1O[C@@H](n2cc(C)c(=O)[nH]c2=O)CC1OP(O)(=S)OC[C@H]1O[C@@H](n2cnc3c(N)ncnc32)CC1OP(=O)(S)OC[C@H]1O[C@@H](n2cc(C)c(=O)[nH]c2=O)CC1OP(O)(=S)OC[C@H]1O[C@@H](n2cc(C)c(=O)[nH]c2=O)CC1OP(O)(=S)OC[C@H]1O[C@@H](n2cnc3c(N)ncnc32)CC1OP(O)(=S)OC[C@H]1O[C@@H](n2cc(C)c(N)nc2=O)CC1OP(O)(=S)OC. The molecule has 0 amide bonds. The number of hydrogen-bond donors (Lipinski definition) is 12. The van der Waals surface area contributed by atoms with Crippen LogP contribution in [0.5, 0.6) is 0 Å². The molecule has 8 aromatic heterocycles. The van der Waals surface area contributed by atoms with Gasteiger partial charge in [0.2, 0.25) is 0 Å². The van der Waals surface area contributed by atoms with Crippen molar-refractivity contribution in [3.05, 3.63) is 145 Å². The number of nitrogen functional groups attached to an aromatic ring is 3. The minimum atomic E-state index is -4.73. The fourth-order valence-corrected chi connectivity index (χ4v) is 22.8. The van der Waals surface area contributed by atoms with Crippen LogP contribution in [-0.4, -0.2) is 215 Å². The monoisotopic (exact) mass is 1970 g/mol. The Balaban J connectivity index is 0.670. The van der Waals surface area contributed by atoms with Crippen LogP contribution in [0.3, 0.4) is 0 Å². The van der Waals surface area contributed by atoms with Gasteiger partial charge in [0.1, 0.15) is 103 Å². The molecule has 0 bridgehead atoms. The molecule has 678 valence electrons. The van der Waals surface area contributed by atoms with Crippen molar-refractivity contribution in [2.24, 2.45) is 0 Å². The van der Waals surface area contributed by atoms with E-state index < -0.39 is 223 Å². The lowest BCUT2D eigenvalue weighted by Gasteiger charge is -2.28. The predicted octanol–water partition coefficient (Wildman–Crippen LogP) is 1.85. The maximum absolute atomic E-state index is 14.8. The largest absolute Gasteiger partial charge is 0.386 e. The van der Waals surface area contributed by atoms with Crippen LogP contribution in [0, 0.1) is 27.7 Å². The smallest absolute Gasteiger partial charge is 0.383 e. The summed E-state index contributed by atoms with van der Waals surface area (Å²) in [7, 11) is 1.13. The van der Waals surface area contributed by atoms with E-state index in [4.69, 9.17) is 159 Å². The van der Waals surface area contributed by atoms with Gasteiger partial charge in [0, 0.05) is 92.7 Å². The number of anilines is 3. The second-order valence-electron chi connectivity index (χ2n) is 29.0.